The van der Waals surface area contributed by atoms with Gasteiger partial charge < -0.3 is 29.4 Å². The van der Waals surface area contributed by atoms with E-state index in [0.29, 0.717) is 46.0 Å². The zero-order valence-corrected chi connectivity index (χ0v) is 21.5. The van der Waals surface area contributed by atoms with E-state index in [1.807, 2.05) is 19.1 Å². The van der Waals surface area contributed by atoms with E-state index < -0.39 is 0 Å². The second-order valence-electron chi connectivity index (χ2n) is 7.59. The summed E-state index contributed by atoms with van der Waals surface area (Å²) in [5.41, 5.74) is 2.03. The van der Waals surface area contributed by atoms with Gasteiger partial charge in [-0.3, -0.25) is 9.59 Å². The molecule has 0 spiro atoms. The number of carbonyl (C=O) groups is 2. The SMILES string of the molecule is C=CCn1c(CNC(=O)c2ccc(OC)c(OC)c2)nnc1SCC(=O)Nc1cc(C)ccc1OC. The van der Waals surface area contributed by atoms with Crippen LogP contribution in [0.2, 0.25) is 0 Å². The number of amides is 2. The van der Waals surface area contributed by atoms with Crippen molar-refractivity contribution in [3.05, 3.63) is 66.0 Å². The lowest BCUT2D eigenvalue weighted by Gasteiger charge is -2.12. The third kappa shape index (κ3) is 6.57. The number of carbonyl (C=O) groups excluding carboxylic acids is 2. The molecule has 0 bridgehead atoms. The topological polar surface area (TPSA) is 117 Å². The van der Waals surface area contributed by atoms with E-state index in [0.717, 1.165) is 5.56 Å². The van der Waals surface area contributed by atoms with Crippen LogP contribution in [0, 0.1) is 6.92 Å². The van der Waals surface area contributed by atoms with Crippen LogP contribution in [0.3, 0.4) is 0 Å². The lowest BCUT2D eigenvalue weighted by atomic mass is 10.2. The number of thioether (sulfide) groups is 1. The highest BCUT2D eigenvalue weighted by atomic mass is 32.2. The van der Waals surface area contributed by atoms with Gasteiger partial charge in [-0.25, -0.2) is 0 Å². The van der Waals surface area contributed by atoms with E-state index in [4.69, 9.17) is 14.2 Å². The molecular formula is C25H29N5O5S. The Morgan fingerprint density at radius 3 is 2.44 bits per heavy atom. The summed E-state index contributed by atoms with van der Waals surface area (Å²) in [6, 6.07) is 10.5. The van der Waals surface area contributed by atoms with Crippen molar-refractivity contribution in [1.29, 1.82) is 0 Å². The molecule has 1 heterocycles. The normalized spacial score (nSPS) is 10.4. The summed E-state index contributed by atoms with van der Waals surface area (Å²) in [6.07, 6.45) is 1.70. The molecule has 3 rings (SSSR count). The van der Waals surface area contributed by atoms with Crippen LogP contribution < -0.4 is 24.8 Å². The third-order valence-electron chi connectivity index (χ3n) is 5.12. The number of hydrogen-bond donors (Lipinski definition) is 2. The zero-order valence-electron chi connectivity index (χ0n) is 20.7. The largest absolute Gasteiger partial charge is 0.495 e. The molecule has 2 amide bonds. The van der Waals surface area contributed by atoms with Crippen molar-refractivity contribution in [3.8, 4) is 17.2 Å². The number of rotatable bonds is 12. The second kappa shape index (κ2) is 12.6. The van der Waals surface area contributed by atoms with Crippen molar-refractivity contribution in [2.75, 3.05) is 32.4 Å². The minimum atomic E-state index is -0.301. The number of hydrogen-bond acceptors (Lipinski definition) is 8. The molecular weight excluding hydrogens is 482 g/mol. The van der Waals surface area contributed by atoms with Crippen molar-refractivity contribution in [2.45, 2.75) is 25.2 Å². The molecule has 0 saturated heterocycles. The van der Waals surface area contributed by atoms with E-state index in [2.05, 4.69) is 27.4 Å². The first-order valence-electron chi connectivity index (χ1n) is 11.0. The Bertz CT molecular complexity index is 1240. The Morgan fingerprint density at radius 2 is 1.75 bits per heavy atom. The second-order valence-corrected chi connectivity index (χ2v) is 8.53. The number of nitrogens with one attached hydrogen (secondary N) is 2. The maximum absolute atomic E-state index is 12.7. The molecule has 0 aliphatic rings. The summed E-state index contributed by atoms with van der Waals surface area (Å²) in [6.45, 7) is 6.28. The molecule has 0 fully saturated rings. The highest BCUT2D eigenvalue weighted by molar-refractivity contribution is 7.99. The van der Waals surface area contributed by atoms with Gasteiger partial charge in [0.2, 0.25) is 5.91 Å². The number of methoxy groups -OCH3 is 3. The average Bonchev–Trinajstić information content (AvgIpc) is 3.27. The van der Waals surface area contributed by atoms with Crippen LogP contribution in [0.4, 0.5) is 5.69 Å². The fourth-order valence-corrected chi connectivity index (χ4v) is 4.11. The Morgan fingerprint density at radius 1 is 1.03 bits per heavy atom. The highest BCUT2D eigenvalue weighted by Gasteiger charge is 2.16. The molecule has 190 valence electrons. The van der Waals surface area contributed by atoms with Gasteiger partial charge in [0.1, 0.15) is 5.75 Å². The van der Waals surface area contributed by atoms with Crippen molar-refractivity contribution < 1.29 is 23.8 Å². The lowest BCUT2D eigenvalue weighted by Crippen LogP contribution is -2.25. The number of benzene rings is 2. The van der Waals surface area contributed by atoms with Crippen LogP contribution in [0.1, 0.15) is 21.7 Å². The predicted molar refractivity (Wildman–Crippen MR) is 138 cm³/mol. The zero-order chi connectivity index (χ0) is 26.1. The van der Waals surface area contributed by atoms with E-state index in [9.17, 15) is 9.59 Å². The smallest absolute Gasteiger partial charge is 0.251 e. The molecule has 2 N–H and O–H groups in total. The van der Waals surface area contributed by atoms with Crippen molar-refractivity contribution in [3.63, 3.8) is 0 Å². The minimum absolute atomic E-state index is 0.115. The maximum atomic E-state index is 12.7. The van der Waals surface area contributed by atoms with Crippen molar-refractivity contribution in [2.24, 2.45) is 0 Å². The minimum Gasteiger partial charge on any atom is -0.495 e. The van der Waals surface area contributed by atoms with Crippen molar-refractivity contribution in [1.82, 2.24) is 20.1 Å². The molecule has 10 nitrogen and oxygen atoms in total. The molecule has 0 aliphatic carbocycles. The first-order valence-corrected chi connectivity index (χ1v) is 12.0. The number of allylic oxidation sites excluding steroid dienone is 1. The van der Waals surface area contributed by atoms with Gasteiger partial charge in [0.05, 0.1) is 39.3 Å². The highest BCUT2D eigenvalue weighted by Crippen LogP contribution is 2.28. The summed E-state index contributed by atoms with van der Waals surface area (Å²) in [5.74, 6) is 1.72. The Labute approximate surface area is 214 Å². The number of anilines is 1. The number of aryl methyl sites for hydroxylation is 1. The summed E-state index contributed by atoms with van der Waals surface area (Å²) in [7, 11) is 4.59. The Balaban J connectivity index is 1.64. The maximum Gasteiger partial charge on any atom is 0.251 e. The van der Waals surface area contributed by atoms with Crippen LogP contribution in [0.25, 0.3) is 0 Å². The standard InChI is InChI=1S/C25H29N5O5S/c1-6-11-30-22(14-26-24(32)17-8-10-20(34-4)21(13-17)35-5)28-29-25(30)36-15-23(31)27-18-12-16(2)7-9-19(18)33-3/h6-10,12-13H,1,11,14-15H2,2-5H3,(H,26,32)(H,27,31). The van der Waals surface area contributed by atoms with Gasteiger partial charge in [0.15, 0.2) is 22.5 Å². The van der Waals surface area contributed by atoms with Gasteiger partial charge in [-0.05, 0) is 42.8 Å². The Hall–Kier alpha value is -3.99. The van der Waals surface area contributed by atoms with Gasteiger partial charge in [0.25, 0.3) is 5.91 Å². The summed E-state index contributed by atoms with van der Waals surface area (Å²) < 4.78 is 17.6. The first-order chi connectivity index (χ1) is 17.4. The lowest BCUT2D eigenvalue weighted by molar-refractivity contribution is -0.113. The molecule has 0 aliphatic heterocycles. The predicted octanol–water partition coefficient (Wildman–Crippen LogP) is 3.46. The molecule has 2 aromatic carbocycles. The van der Waals surface area contributed by atoms with Crippen LogP contribution in [-0.4, -0.2) is 53.7 Å². The fraction of sp³-hybridized carbons (Fsp3) is 0.280. The van der Waals surface area contributed by atoms with Gasteiger partial charge >= 0.3 is 0 Å². The molecule has 36 heavy (non-hydrogen) atoms. The molecule has 0 saturated carbocycles. The van der Waals surface area contributed by atoms with Crippen LogP contribution in [0.5, 0.6) is 17.2 Å². The van der Waals surface area contributed by atoms with E-state index in [1.165, 1.54) is 26.0 Å². The van der Waals surface area contributed by atoms with Crippen LogP contribution in [0.15, 0.2) is 54.2 Å². The van der Waals surface area contributed by atoms with Gasteiger partial charge in [-0.1, -0.05) is 23.9 Å². The number of ether oxygens (including phenoxy) is 3. The van der Waals surface area contributed by atoms with Gasteiger partial charge in [0, 0.05) is 12.1 Å². The van der Waals surface area contributed by atoms with Gasteiger partial charge in [-0.2, -0.15) is 0 Å². The summed E-state index contributed by atoms with van der Waals surface area (Å²) in [4.78, 5) is 25.2. The Kier molecular flexibility index (Phi) is 9.34. The first kappa shape index (κ1) is 26.6. The molecule has 11 heteroatoms. The summed E-state index contributed by atoms with van der Waals surface area (Å²) >= 11 is 1.24. The molecule has 0 radical (unpaired) electrons. The van der Waals surface area contributed by atoms with Crippen LogP contribution >= 0.6 is 11.8 Å². The van der Waals surface area contributed by atoms with E-state index in [1.54, 1.807) is 42.0 Å². The summed E-state index contributed by atoms with van der Waals surface area (Å²) in [5, 5.41) is 14.6. The molecule has 0 atom stereocenters. The van der Waals surface area contributed by atoms with Crippen LogP contribution in [-0.2, 0) is 17.9 Å². The number of aromatic nitrogens is 3. The molecule has 1 aromatic heterocycles. The average molecular weight is 512 g/mol. The monoisotopic (exact) mass is 511 g/mol. The fourth-order valence-electron chi connectivity index (χ4n) is 3.34. The van der Waals surface area contributed by atoms with E-state index in [-0.39, 0.29) is 24.1 Å². The molecule has 3 aromatic rings. The quantitative estimate of drug-likeness (QED) is 0.281. The van der Waals surface area contributed by atoms with Crippen molar-refractivity contribution >= 4 is 29.3 Å². The third-order valence-corrected chi connectivity index (χ3v) is 6.09. The molecule has 0 unspecified atom stereocenters. The number of nitrogens with zero attached hydrogens (tertiary/aromatic N) is 3. The van der Waals surface area contributed by atoms with Gasteiger partial charge in [-0.15, -0.1) is 16.8 Å². The van der Waals surface area contributed by atoms with E-state index >= 15 is 0 Å².